The van der Waals surface area contributed by atoms with Crippen LogP contribution in [0, 0.1) is 19.7 Å². The highest BCUT2D eigenvalue weighted by atomic mass is 19.1. The predicted octanol–water partition coefficient (Wildman–Crippen LogP) is 2.08. The molecule has 0 aromatic heterocycles. The first kappa shape index (κ1) is 11.5. The van der Waals surface area contributed by atoms with Gasteiger partial charge in [-0.05, 0) is 53.6 Å². The molecule has 1 aliphatic rings. The second kappa shape index (κ2) is 4.25. The quantitative estimate of drug-likeness (QED) is 0.693. The molecule has 0 atom stereocenters. The van der Waals surface area contributed by atoms with E-state index in [0.717, 1.165) is 16.5 Å². The first-order chi connectivity index (χ1) is 8.65. The van der Waals surface area contributed by atoms with Gasteiger partial charge in [0.1, 0.15) is 5.82 Å². The summed E-state index contributed by atoms with van der Waals surface area (Å²) in [6.45, 7) is 4.63. The number of rotatable bonds is 1. The summed E-state index contributed by atoms with van der Waals surface area (Å²) in [4.78, 5) is 0. The van der Waals surface area contributed by atoms with E-state index >= 15 is 0 Å². The summed E-state index contributed by atoms with van der Waals surface area (Å²) in [5.41, 5.74) is 5.71. The van der Waals surface area contributed by atoms with Gasteiger partial charge < -0.3 is 4.65 Å². The molecule has 0 radical (unpaired) electrons. The summed E-state index contributed by atoms with van der Waals surface area (Å²) in [5, 5.41) is 0. The van der Waals surface area contributed by atoms with Gasteiger partial charge in [-0.3, -0.25) is 0 Å². The minimum atomic E-state index is -0.196. The number of halogens is 1. The van der Waals surface area contributed by atoms with Crippen molar-refractivity contribution in [3.63, 3.8) is 0 Å². The molecule has 0 amide bonds. The molecule has 2 aromatic carbocycles. The van der Waals surface area contributed by atoms with Gasteiger partial charge in [0.05, 0.1) is 6.61 Å². The van der Waals surface area contributed by atoms with Crippen LogP contribution in [0.15, 0.2) is 36.4 Å². The van der Waals surface area contributed by atoms with E-state index < -0.39 is 0 Å². The average molecular weight is 240 g/mol. The number of hydrogen-bond acceptors (Lipinski definition) is 1. The number of aryl methyl sites for hydroxylation is 2. The highest BCUT2D eigenvalue weighted by Crippen LogP contribution is 2.13. The molecule has 0 N–H and O–H groups in total. The third-order valence-electron chi connectivity index (χ3n) is 3.63. The molecule has 18 heavy (non-hydrogen) atoms. The maximum atomic E-state index is 13.2. The highest BCUT2D eigenvalue weighted by molar-refractivity contribution is 6.81. The minimum absolute atomic E-state index is 0.0556. The van der Waals surface area contributed by atoms with Gasteiger partial charge in [0.25, 0.3) is 0 Å². The number of fused-ring (bicyclic) bond motifs is 1. The van der Waals surface area contributed by atoms with E-state index in [-0.39, 0.29) is 12.7 Å². The van der Waals surface area contributed by atoms with Crippen LogP contribution in [0.1, 0.15) is 16.7 Å². The van der Waals surface area contributed by atoms with Crippen molar-refractivity contribution in [1.29, 1.82) is 0 Å². The Hall–Kier alpha value is -1.61. The maximum Gasteiger partial charge on any atom is 0.362 e. The monoisotopic (exact) mass is 240 g/mol. The van der Waals surface area contributed by atoms with E-state index in [2.05, 4.69) is 32.0 Å². The lowest BCUT2D eigenvalue weighted by Crippen LogP contribution is -2.41. The van der Waals surface area contributed by atoms with E-state index in [1.165, 1.54) is 17.2 Å². The molecule has 0 bridgehead atoms. The van der Waals surface area contributed by atoms with Crippen molar-refractivity contribution in [2.24, 2.45) is 0 Å². The van der Waals surface area contributed by atoms with Gasteiger partial charge in [0.15, 0.2) is 0 Å². The van der Waals surface area contributed by atoms with Crippen LogP contribution in [0.3, 0.4) is 0 Å². The lowest BCUT2D eigenvalue weighted by atomic mass is 9.55. The molecule has 0 fully saturated rings. The fourth-order valence-corrected chi connectivity index (χ4v) is 2.42. The molecule has 0 spiro atoms. The molecule has 1 aliphatic heterocycles. The Morgan fingerprint density at radius 1 is 1.06 bits per heavy atom. The van der Waals surface area contributed by atoms with Crippen molar-refractivity contribution in [3.05, 3.63) is 58.9 Å². The Morgan fingerprint density at radius 2 is 1.89 bits per heavy atom. The highest BCUT2D eigenvalue weighted by Gasteiger charge is 2.30. The zero-order chi connectivity index (χ0) is 12.7. The van der Waals surface area contributed by atoms with Crippen LogP contribution in [0.4, 0.5) is 4.39 Å². The normalized spacial score (nSPS) is 13.8. The van der Waals surface area contributed by atoms with Crippen LogP contribution < -0.4 is 10.9 Å². The molecular weight excluding hydrogens is 226 g/mol. The molecule has 0 aliphatic carbocycles. The first-order valence-electron chi connectivity index (χ1n) is 6.12. The summed E-state index contributed by atoms with van der Waals surface area (Å²) < 4.78 is 18.9. The van der Waals surface area contributed by atoms with Gasteiger partial charge in [0, 0.05) is 0 Å². The largest absolute Gasteiger partial charge is 0.423 e. The van der Waals surface area contributed by atoms with Gasteiger partial charge >= 0.3 is 6.92 Å². The third-order valence-corrected chi connectivity index (χ3v) is 3.63. The number of hydrogen-bond donors (Lipinski definition) is 0. The van der Waals surface area contributed by atoms with Crippen LogP contribution in [-0.4, -0.2) is 6.92 Å². The van der Waals surface area contributed by atoms with E-state index in [9.17, 15) is 4.39 Å². The van der Waals surface area contributed by atoms with Crippen molar-refractivity contribution >= 4 is 17.8 Å². The standard InChI is InChI=1S/C15H14BFO/c1-10-3-4-13(7-11(10)2)16-15-6-5-14(17)8-12(15)9-18-16/h3-8H,9H2,1-2H3. The second-order valence-corrected chi connectivity index (χ2v) is 4.88. The molecule has 3 rings (SSSR count). The van der Waals surface area contributed by atoms with E-state index in [1.54, 1.807) is 6.07 Å². The summed E-state index contributed by atoms with van der Waals surface area (Å²) >= 11 is 0. The Labute approximate surface area is 107 Å². The van der Waals surface area contributed by atoms with E-state index in [4.69, 9.17) is 4.65 Å². The zero-order valence-corrected chi connectivity index (χ0v) is 10.5. The Bertz CT molecular complexity index is 609. The van der Waals surface area contributed by atoms with Crippen molar-refractivity contribution in [1.82, 2.24) is 0 Å². The van der Waals surface area contributed by atoms with Gasteiger partial charge in [-0.2, -0.15) is 0 Å². The molecule has 0 unspecified atom stereocenters. The fourth-order valence-electron chi connectivity index (χ4n) is 2.42. The van der Waals surface area contributed by atoms with E-state index in [0.29, 0.717) is 6.61 Å². The fraction of sp³-hybridized carbons (Fsp3) is 0.200. The molecule has 2 aromatic rings. The van der Waals surface area contributed by atoms with Crippen molar-refractivity contribution in [2.75, 3.05) is 0 Å². The summed E-state index contributed by atoms with van der Waals surface area (Å²) in [6.07, 6.45) is 0. The molecular formula is C15H14BFO. The van der Waals surface area contributed by atoms with Crippen LogP contribution in [-0.2, 0) is 11.3 Å². The average Bonchev–Trinajstić information content (AvgIpc) is 2.75. The van der Waals surface area contributed by atoms with Crippen molar-refractivity contribution < 1.29 is 9.04 Å². The predicted molar refractivity (Wildman–Crippen MR) is 72.1 cm³/mol. The Balaban J connectivity index is 2.03. The third kappa shape index (κ3) is 1.85. The smallest absolute Gasteiger partial charge is 0.362 e. The van der Waals surface area contributed by atoms with Crippen molar-refractivity contribution in [2.45, 2.75) is 20.5 Å². The van der Waals surface area contributed by atoms with Crippen molar-refractivity contribution in [3.8, 4) is 0 Å². The van der Waals surface area contributed by atoms with Crippen LogP contribution in [0.2, 0.25) is 0 Å². The molecule has 0 saturated heterocycles. The topological polar surface area (TPSA) is 9.23 Å². The lowest BCUT2D eigenvalue weighted by molar-refractivity contribution is 0.336. The minimum Gasteiger partial charge on any atom is -0.423 e. The van der Waals surface area contributed by atoms with Crippen LogP contribution >= 0.6 is 0 Å². The van der Waals surface area contributed by atoms with Gasteiger partial charge in [-0.15, -0.1) is 0 Å². The van der Waals surface area contributed by atoms with Crippen LogP contribution in [0.25, 0.3) is 0 Å². The second-order valence-electron chi connectivity index (χ2n) is 4.88. The summed E-state index contributed by atoms with van der Waals surface area (Å²) in [5.74, 6) is -0.196. The van der Waals surface area contributed by atoms with E-state index in [1.807, 2.05) is 6.07 Å². The number of benzene rings is 2. The zero-order valence-electron chi connectivity index (χ0n) is 10.5. The molecule has 1 heterocycles. The lowest BCUT2D eigenvalue weighted by Gasteiger charge is -2.09. The van der Waals surface area contributed by atoms with Gasteiger partial charge in [-0.25, -0.2) is 4.39 Å². The first-order valence-corrected chi connectivity index (χ1v) is 6.12. The summed E-state index contributed by atoms with van der Waals surface area (Å²) in [6, 6.07) is 11.2. The summed E-state index contributed by atoms with van der Waals surface area (Å²) in [7, 11) is 0. The van der Waals surface area contributed by atoms with Gasteiger partial charge in [-0.1, -0.05) is 24.3 Å². The molecule has 90 valence electrons. The molecule has 0 saturated carbocycles. The SMILES string of the molecule is Cc1ccc(B2OCc3cc(F)ccc32)cc1C. The van der Waals surface area contributed by atoms with Crippen LogP contribution in [0.5, 0.6) is 0 Å². The molecule has 3 heteroatoms. The molecule has 1 nitrogen and oxygen atoms in total. The maximum absolute atomic E-state index is 13.2. The Kier molecular flexibility index (Phi) is 2.71. The van der Waals surface area contributed by atoms with Gasteiger partial charge in [0.2, 0.25) is 0 Å². The Morgan fingerprint density at radius 3 is 2.67 bits per heavy atom.